The standard InChI is InChI=1S/C33H42O15/c1-7-8-9-10-11-12-15-40-23-13-14-24-25(16-23)46-32(39)30(44-21(5)37)27(24)48-33-31(45-22(6)38)29(43-20(4)36)28(42-19(3)35)26(47-33)17-41-18(2)34/h13-14,16,26,28-29,31,33H,7-12,15,17H2,1-6H3/t26-,28-,29+,31+,33-/m1/s1. The number of carbonyl (C=O) groups excluding carboxylic acids is 5. The van der Waals surface area contributed by atoms with Crippen molar-refractivity contribution in [2.75, 3.05) is 13.2 Å². The van der Waals surface area contributed by atoms with E-state index < -0.39 is 78.5 Å². The fourth-order valence-corrected chi connectivity index (χ4v) is 5.05. The van der Waals surface area contributed by atoms with E-state index in [0.29, 0.717) is 12.4 Å². The number of benzene rings is 1. The molecule has 0 unspecified atom stereocenters. The quantitative estimate of drug-likeness (QED) is 0.107. The molecule has 0 N–H and O–H groups in total. The maximum atomic E-state index is 13.1. The van der Waals surface area contributed by atoms with Gasteiger partial charge in [0.2, 0.25) is 12.4 Å². The van der Waals surface area contributed by atoms with Crippen LogP contribution in [-0.4, -0.2) is 73.8 Å². The van der Waals surface area contributed by atoms with E-state index >= 15 is 0 Å². The molecule has 1 fully saturated rings. The van der Waals surface area contributed by atoms with Crippen molar-refractivity contribution in [1.82, 2.24) is 0 Å². The molecule has 1 aromatic carbocycles. The predicted molar refractivity (Wildman–Crippen MR) is 165 cm³/mol. The minimum absolute atomic E-state index is 0.00279. The number of hydrogen-bond donors (Lipinski definition) is 0. The first-order valence-corrected chi connectivity index (χ1v) is 15.7. The van der Waals surface area contributed by atoms with E-state index in [4.69, 9.17) is 42.3 Å². The Bertz CT molecular complexity index is 1510. The highest BCUT2D eigenvalue weighted by atomic mass is 16.7. The molecule has 15 heteroatoms. The van der Waals surface area contributed by atoms with E-state index in [1.165, 1.54) is 18.6 Å². The molecule has 3 rings (SSSR count). The van der Waals surface area contributed by atoms with Gasteiger partial charge < -0.3 is 42.3 Å². The lowest BCUT2D eigenvalue weighted by Crippen LogP contribution is -2.63. The number of rotatable bonds is 16. The van der Waals surface area contributed by atoms with E-state index in [9.17, 15) is 28.8 Å². The van der Waals surface area contributed by atoms with Gasteiger partial charge in [-0.05, 0) is 18.6 Å². The van der Waals surface area contributed by atoms with Gasteiger partial charge in [0, 0.05) is 40.7 Å². The number of ether oxygens (including phenoxy) is 8. The second kappa shape index (κ2) is 18.0. The van der Waals surface area contributed by atoms with Crippen molar-refractivity contribution < 1.29 is 66.3 Å². The van der Waals surface area contributed by atoms with Crippen molar-refractivity contribution in [2.24, 2.45) is 0 Å². The molecule has 0 bridgehead atoms. The third-order valence-electron chi connectivity index (χ3n) is 6.99. The minimum Gasteiger partial charge on any atom is -0.493 e. The lowest BCUT2D eigenvalue weighted by atomic mass is 9.98. The Balaban J connectivity index is 2.06. The summed E-state index contributed by atoms with van der Waals surface area (Å²) in [7, 11) is 0. The van der Waals surface area contributed by atoms with E-state index in [1.807, 2.05) is 0 Å². The predicted octanol–water partition coefficient (Wildman–Crippen LogP) is 3.92. The van der Waals surface area contributed by atoms with Gasteiger partial charge in [-0.15, -0.1) is 0 Å². The van der Waals surface area contributed by atoms with Crippen molar-refractivity contribution in [1.29, 1.82) is 0 Å². The highest BCUT2D eigenvalue weighted by Gasteiger charge is 2.53. The van der Waals surface area contributed by atoms with Gasteiger partial charge in [0.05, 0.1) is 12.0 Å². The van der Waals surface area contributed by atoms with Gasteiger partial charge in [-0.2, -0.15) is 0 Å². The van der Waals surface area contributed by atoms with E-state index in [0.717, 1.165) is 66.7 Å². The number of fused-ring (bicyclic) bond motifs is 1. The van der Waals surface area contributed by atoms with E-state index in [-0.39, 0.29) is 16.7 Å². The smallest absolute Gasteiger partial charge is 0.383 e. The van der Waals surface area contributed by atoms with Gasteiger partial charge in [0.15, 0.2) is 18.0 Å². The summed E-state index contributed by atoms with van der Waals surface area (Å²) in [6, 6.07) is 4.56. The van der Waals surface area contributed by atoms with Gasteiger partial charge in [-0.25, -0.2) is 4.79 Å². The van der Waals surface area contributed by atoms with Crippen molar-refractivity contribution in [2.45, 2.75) is 111 Å². The molecule has 5 atom stereocenters. The highest BCUT2D eigenvalue weighted by Crippen LogP contribution is 2.38. The number of unbranched alkanes of at least 4 members (excludes halogenated alkanes) is 5. The van der Waals surface area contributed by atoms with Crippen LogP contribution in [0.25, 0.3) is 11.0 Å². The number of carbonyl (C=O) groups is 5. The Labute approximate surface area is 277 Å². The first-order chi connectivity index (χ1) is 22.8. The summed E-state index contributed by atoms with van der Waals surface area (Å²) in [5.41, 5.74) is -1.09. The highest BCUT2D eigenvalue weighted by molar-refractivity contribution is 5.87. The average Bonchev–Trinajstić information content (AvgIpc) is 2.99. The number of hydrogen-bond acceptors (Lipinski definition) is 15. The van der Waals surface area contributed by atoms with Crippen LogP contribution in [0.1, 0.15) is 80.1 Å². The molecular weight excluding hydrogens is 636 g/mol. The SMILES string of the molecule is CCCCCCCCOc1ccc2c(O[C@H]3O[C@H](COC(C)=O)[C@@H](OC(C)=O)[C@H](OC(C)=O)[C@@H]3OC(C)=O)c(OC(C)=O)c(=O)oc2c1. The fraction of sp³-hybridized carbons (Fsp3) is 0.576. The van der Waals surface area contributed by atoms with Crippen molar-refractivity contribution in [3.8, 4) is 17.2 Å². The molecule has 1 aliphatic rings. The van der Waals surface area contributed by atoms with Crippen molar-refractivity contribution in [3.63, 3.8) is 0 Å². The van der Waals surface area contributed by atoms with Gasteiger partial charge >= 0.3 is 35.5 Å². The molecule has 2 aromatic rings. The van der Waals surface area contributed by atoms with Crippen LogP contribution in [0, 0.1) is 0 Å². The van der Waals surface area contributed by atoms with E-state index in [2.05, 4.69) is 6.92 Å². The number of esters is 5. The molecule has 0 aliphatic carbocycles. The first-order valence-electron chi connectivity index (χ1n) is 15.7. The zero-order valence-corrected chi connectivity index (χ0v) is 27.9. The topological polar surface area (TPSA) is 189 Å². The van der Waals surface area contributed by atoms with Crippen LogP contribution in [0.15, 0.2) is 27.4 Å². The molecule has 2 heterocycles. The Hall–Kier alpha value is -4.66. The molecule has 264 valence electrons. The minimum atomic E-state index is -1.71. The third kappa shape index (κ3) is 11.0. The summed E-state index contributed by atoms with van der Waals surface area (Å²) >= 11 is 0. The molecule has 1 aromatic heterocycles. The van der Waals surface area contributed by atoms with Gasteiger partial charge in [-0.1, -0.05) is 39.0 Å². The van der Waals surface area contributed by atoms with Crippen LogP contribution in [0.2, 0.25) is 0 Å². The normalized spacial score (nSPS) is 20.3. The maximum Gasteiger partial charge on any atom is 0.383 e. The first kappa shape index (κ1) is 37.8. The summed E-state index contributed by atoms with van der Waals surface area (Å²) in [6.07, 6.45) is -1.22. The summed E-state index contributed by atoms with van der Waals surface area (Å²) in [4.78, 5) is 73.4. The summed E-state index contributed by atoms with van der Waals surface area (Å²) in [6.45, 7) is 7.49. The van der Waals surface area contributed by atoms with Gasteiger partial charge in [0.25, 0.3) is 5.75 Å². The molecule has 0 spiro atoms. The fourth-order valence-electron chi connectivity index (χ4n) is 5.05. The molecule has 48 heavy (non-hydrogen) atoms. The third-order valence-corrected chi connectivity index (χ3v) is 6.99. The second-order valence-corrected chi connectivity index (χ2v) is 11.1. The average molecular weight is 679 g/mol. The Kier molecular flexibility index (Phi) is 14.2. The summed E-state index contributed by atoms with van der Waals surface area (Å²) in [5.74, 6) is -4.71. The largest absolute Gasteiger partial charge is 0.493 e. The Morgan fingerprint density at radius 3 is 1.98 bits per heavy atom. The molecule has 0 amide bonds. The van der Waals surface area contributed by atoms with Gasteiger partial charge in [0.1, 0.15) is 24.0 Å². The van der Waals surface area contributed by atoms with Crippen molar-refractivity contribution in [3.05, 3.63) is 28.6 Å². The molecule has 1 aliphatic heterocycles. The summed E-state index contributed by atoms with van der Waals surface area (Å²) < 4.78 is 50.0. The van der Waals surface area contributed by atoms with Crippen LogP contribution in [0.5, 0.6) is 17.2 Å². The summed E-state index contributed by atoms with van der Waals surface area (Å²) in [5, 5.41) is 0.130. The van der Waals surface area contributed by atoms with Gasteiger partial charge in [-0.3, -0.25) is 24.0 Å². The monoisotopic (exact) mass is 678 g/mol. The van der Waals surface area contributed by atoms with Crippen molar-refractivity contribution >= 4 is 40.8 Å². The lowest BCUT2D eigenvalue weighted by molar-refractivity contribution is -0.288. The molecule has 15 nitrogen and oxygen atoms in total. The lowest BCUT2D eigenvalue weighted by Gasteiger charge is -2.44. The molecule has 1 saturated heterocycles. The molecular formula is C33H42O15. The molecule has 0 radical (unpaired) electrons. The zero-order valence-electron chi connectivity index (χ0n) is 27.9. The van der Waals surface area contributed by atoms with Crippen LogP contribution in [0.4, 0.5) is 0 Å². The molecule has 0 saturated carbocycles. The Morgan fingerprint density at radius 1 is 0.729 bits per heavy atom. The van der Waals surface area contributed by atoms with Crippen LogP contribution < -0.4 is 19.8 Å². The zero-order chi connectivity index (χ0) is 35.4. The van der Waals surface area contributed by atoms with E-state index in [1.54, 1.807) is 6.07 Å². The maximum absolute atomic E-state index is 13.1. The van der Waals surface area contributed by atoms with Crippen LogP contribution >= 0.6 is 0 Å². The second-order valence-electron chi connectivity index (χ2n) is 11.1. The Morgan fingerprint density at radius 2 is 1.35 bits per heavy atom. The van der Waals surface area contributed by atoms with Crippen LogP contribution in [-0.2, 0) is 47.7 Å². The van der Waals surface area contributed by atoms with Crippen LogP contribution in [0.3, 0.4) is 0 Å².